The third-order valence-corrected chi connectivity index (χ3v) is 3.89. The SMILES string of the molecule is CCOC(=O)/C=C1/C[C@H](C[C@@H](C)NCc2ccccc2)CN1. The molecule has 0 radical (unpaired) electrons. The molecule has 1 aromatic carbocycles. The molecule has 1 saturated heterocycles. The predicted octanol–water partition coefficient (Wildman–Crippen LogP) is 2.61. The third kappa shape index (κ3) is 5.53. The summed E-state index contributed by atoms with van der Waals surface area (Å²) in [6, 6.07) is 10.9. The average Bonchev–Trinajstić information content (AvgIpc) is 2.93. The lowest BCUT2D eigenvalue weighted by Crippen LogP contribution is -2.28. The summed E-state index contributed by atoms with van der Waals surface area (Å²) in [5.41, 5.74) is 2.31. The van der Waals surface area contributed by atoms with Crippen LogP contribution in [-0.2, 0) is 16.1 Å². The van der Waals surface area contributed by atoms with Gasteiger partial charge in [-0.2, -0.15) is 0 Å². The van der Waals surface area contributed by atoms with Gasteiger partial charge in [-0.05, 0) is 38.2 Å². The Hall–Kier alpha value is -1.81. The molecule has 1 aliphatic rings. The lowest BCUT2D eigenvalue weighted by molar-refractivity contribution is -0.137. The molecular formula is C18H26N2O2. The van der Waals surface area contributed by atoms with Gasteiger partial charge in [0.1, 0.15) is 0 Å². The van der Waals surface area contributed by atoms with E-state index in [0.29, 0.717) is 18.6 Å². The highest BCUT2D eigenvalue weighted by Gasteiger charge is 2.21. The van der Waals surface area contributed by atoms with Crippen molar-refractivity contribution in [1.82, 2.24) is 10.6 Å². The quantitative estimate of drug-likeness (QED) is 0.600. The fraction of sp³-hybridized carbons (Fsp3) is 0.500. The van der Waals surface area contributed by atoms with Crippen LogP contribution in [0, 0.1) is 5.92 Å². The molecule has 4 heteroatoms. The molecular weight excluding hydrogens is 276 g/mol. The second-order valence-electron chi connectivity index (χ2n) is 5.88. The maximum absolute atomic E-state index is 11.4. The number of hydrogen-bond donors (Lipinski definition) is 2. The molecule has 2 N–H and O–H groups in total. The molecule has 1 heterocycles. The summed E-state index contributed by atoms with van der Waals surface area (Å²) in [4.78, 5) is 11.4. The zero-order valence-corrected chi connectivity index (χ0v) is 13.5. The monoisotopic (exact) mass is 302 g/mol. The normalized spacial score (nSPS) is 20.6. The molecule has 0 bridgehead atoms. The van der Waals surface area contributed by atoms with Gasteiger partial charge >= 0.3 is 5.97 Å². The highest BCUT2D eigenvalue weighted by Crippen LogP contribution is 2.21. The molecule has 1 fully saturated rings. The molecule has 120 valence electrons. The van der Waals surface area contributed by atoms with Crippen LogP contribution in [0.1, 0.15) is 32.3 Å². The lowest BCUT2D eigenvalue weighted by Gasteiger charge is -2.17. The van der Waals surface area contributed by atoms with Crippen LogP contribution in [0.15, 0.2) is 42.1 Å². The van der Waals surface area contributed by atoms with Crippen LogP contribution in [0.2, 0.25) is 0 Å². The smallest absolute Gasteiger partial charge is 0.332 e. The van der Waals surface area contributed by atoms with E-state index in [1.54, 1.807) is 6.08 Å². The minimum atomic E-state index is -0.249. The van der Waals surface area contributed by atoms with Crippen molar-refractivity contribution in [3.8, 4) is 0 Å². The maximum Gasteiger partial charge on any atom is 0.332 e. The first-order valence-electron chi connectivity index (χ1n) is 8.06. The summed E-state index contributed by atoms with van der Waals surface area (Å²) in [5.74, 6) is 0.319. The van der Waals surface area contributed by atoms with Crippen LogP contribution in [0.25, 0.3) is 0 Å². The van der Waals surface area contributed by atoms with Gasteiger partial charge in [0.05, 0.1) is 6.61 Å². The first-order valence-corrected chi connectivity index (χ1v) is 8.06. The summed E-state index contributed by atoms with van der Waals surface area (Å²) in [7, 11) is 0. The van der Waals surface area contributed by atoms with Crippen molar-refractivity contribution in [3.05, 3.63) is 47.7 Å². The van der Waals surface area contributed by atoms with Crippen molar-refractivity contribution in [3.63, 3.8) is 0 Å². The van der Waals surface area contributed by atoms with Gasteiger partial charge in [-0.15, -0.1) is 0 Å². The summed E-state index contributed by atoms with van der Waals surface area (Å²) >= 11 is 0. The Morgan fingerprint density at radius 2 is 2.23 bits per heavy atom. The first kappa shape index (κ1) is 16.6. The van der Waals surface area contributed by atoms with E-state index in [-0.39, 0.29) is 5.97 Å². The summed E-state index contributed by atoms with van der Waals surface area (Å²) < 4.78 is 4.94. The van der Waals surface area contributed by atoms with Gasteiger partial charge in [0, 0.05) is 30.9 Å². The third-order valence-electron chi connectivity index (χ3n) is 3.89. The van der Waals surface area contributed by atoms with Crippen LogP contribution < -0.4 is 10.6 Å². The van der Waals surface area contributed by atoms with E-state index in [1.165, 1.54) is 5.56 Å². The van der Waals surface area contributed by atoms with Crippen LogP contribution >= 0.6 is 0 Å². The summed E-state index contributed by atoms with van der Waals surface area (Å²) in [6.45, 7) is 6.29. The van der Waals surface area contributed by atoms with E-state index < -0.39 is 0 Å². The van der Waals surface area contributed by atoms with Gasteiger partial charge in [0.15, 0.2) is 0 Å². The van der Waals surface area contributed by atoms with Crippen LogP contribution in [-0.4, -0.2) is 25.2 Å². The Labute approximate surface area is 132 Å². The molecule has 2 rings (SSSR count). The highest BCUT2D eigenvalue weighted by atomic mass is 16.5. The van der Waals surface area contributed by atoms with Gasteiger partial charge in [0.25, 0.3) is 0 Å². The highest BCUT2D eigenvalue weighted by molar-refractivity contribution is 5.82. The van der Waals surface area contributed by atoms with E-state index in [9.17, 15) is 4.79 Å². The van der Waals surface area contributed by atoms with Crippen molar-refractivity contribution < 1.29 is 9.53 Å². The molecule has 0 spiro atoms. The minimum Gasteiger partial charge on any atom is -0.463 e. The molecule has 0 amide bonds. The van der Waals surface area contributed by atoms with Crippen LogP contribution in [0.4, 0.5) is 0 Å². The van der Waals surface area contributed by atoms with E-state index in [2.05, 4.69) is 41.8 Å². The molecule has 0 unspecified atom stereocenters. The Morgan fingerprint density at radius 1 is 1.45 bits per heavy atom. The van der Waals surface area contributed by atoms with Gasteiger partial charge in [-0.1, -0.05) is 30.3 Å². The molecule has 0 aliphatic carbocycles. The zero-order valence-electron chi connectivity index (χ0n) is 13.5. The number of benzene rings is 1. The van der Waals surface area contributed by atoms with Crippen molar-refractivity contribution >= 4 is 5.97 Å². The number of nitrogens with one attached hydrogen (secondary N) is 2. The second kappa shape index (κ2) is 8.59. The molecule has 1 aliphatic heterocycles. The number of hydrogen-bond acceptors (Lipinski definition) is 4. The van der Waals surface area contributed by atoms with Crippen LogP contribution in [0.3, 0.4) is 0 Å². The molecule has 22 heavy (non-hydrogen) atoms. The Bertz CT molecular complexity index is 499. The van der Waals surface area contributed by atoms with Crippen molar-refractivity contribution in [2.45, 2.75) is 39.3 Å². The van der Waals surface area contributed by atoms with E-state index in [4.69, 9.17) is 4.74 Å². The number of rotatable bonds is 7. The summed E-state index contributed by atoms with van der Waals surface area (Å²) in [6.07, 6.45) is 3.61. The maximum atomic E-state index is 11.4. The fourth-order valence-electron chi connectivity index (χ4n) is 2.80. The summed E-state index contributed by atoms with van der Waals surface area (Å²) in [5, 5.41) is 6.87. The Kier molecular flexibility index (Phi) is 6.46. The van der Waals surface area contributed by atoms with Gasteiger partial charge in [0.2, 0.25) is 0 Å². The molecule has 0 aromatic heterocycles. The van der Waals surface area contributed by atoms with Gasteiger partial charge in [-0.3, -0.25) is 0 Å². The topological polar surface area (TPSA) is 50.4 Å². The zero-order chi connectivity index (χ0) is 15.8. The number of carbonyl (C=O) groups excluding carboxylic acids is 1. The minimum absolute atomic E-state index is 0.249. The Morgan fingerprint density at radius 3 is 2.95 bits per heavy atom. The molecule has 1 aromatic rings. The molecule has 4 nitrogen and oxygen atoms in total. The number of carbonyl (C=O) groups is 1. The largest absolute Gasteiger partial charge is 0.463 e. The number of ether oxygens (including phenoxy) is 1. The van der Waals surface area contributed by atoms with Crippen molar-refractivity contribution in [1.29, 1.82) is 0 Å². The predicted molar refractivity (Wildman–Crippen MR) is 88.2 cm³/mol. The average molecular weight is 302 g/mol. The van der Waals surface area contributed by atoms with E-state index >= 15 is 0 Å². The molecule has 0 saturated carbocycles. The first-order chi connectivity index (χ1) is 10.7. The number of esters is 1. The van der Waals surface area contributed by atoms with Crippen LogP contribution in [0.5, 0.6) is 0 Å². The van der Waals surface area contributed by atoms with Crippen molar-refractivity contribution in [2.75, 3.05) is 13.2 Å². The standard InChI is InChI=1S/C18H26N2O2/c1-3-22-18(21)11-17-10-16(13-20-17)9-14(2)19-12-15-7-5-4-6-8-15/h4-8,11,14,16,19-20H,3,9-10,12-13H2,1-2H3/b17-11-/t14-,16+/m1/s1. The van der Waals surface area contributed by atoms with E-state index in [0.717, 1.165) is 31.6 Å². The van der Waals surface area contributed by atoms with E-state index in [1.807, 2.05) is 13.0 Å². The van der Waals surface area contributed by atoms with Crippen molar-refractivity contribution in [2.24, 2.45) is 5.92 Å². The van der Waals surface area contributed by atoms with Gasteiger partial charge in [-0.25, -0.2) is 4.79 Å². The second-order valence-corrected chi connectivity index (χ2v) is 5.88. The molecule has 2 atom stereocenters. The number of allylic oxidation sites excluding steroid dienone is 1. The lowest BCUT2D eigenvalue weighted by atomic mass is 9.99. The van der Waals surface area contributed by atoms with Gasteiger partial charge < -0.3 is 15.4 Å². The fourth-order valence-corrected chi connectivity index (χ4v) is 2.80. The Balaban J connectivity index is 1.72.